The molecular formula is C9H14Se. The second kappa shape index (κ2) is 4.00. The van der Waals surface area contributed by atoms with Crippen LogP contribution in [0.3, 0.4) is 0 Å². The Kier molecular flexibility index (Phi) is 3.24. The van der Waals surface area contributed by atoms with Gasteiger partial charge < -0.3 is 0 Å². The van der Waals surface area contributed by atoms with Crippen molar-refractivity contribution < 1.29 is 0 Å². The maximum absolute atomic E-state index is 2.41. The normalized spacial score (nSPS) is 10.2. The topological polar surface area (TPSA) is 0 Å². The molecule has 0 spiro atoms. The molecule has 1 heterocycles. The van der Waals surface area contributed by atoms with Gasteiger partial charge in [0.05, 0.1) is 0 Å². The summed E-state index contributed by atoms with van der Waals surface area (Å²) in [6, 6.07) is 0. The number of rotatable bonds is 3. The van der Waals surface area contributed by atoms with Crippen molar-refractivity contribution in [3.8, 4) is 0 Å². The van der Waals surface area contributed by atoms with Gasteiger partial charge in [0.1, 0.15) is 0 Å². The van der Waals surface area contributed by atoms with E-state index in [1.165, 1.54) is 24.8 Å². The van der Waals surface area contributed by atoms with Gasteiger partial charge in [-0.1, -0.05) is 0 Å². The van der Waals surface area contributed by atoms with Crippen LogP contribution in [0.1, 0.15) is 30.9 Å². The number of hydrogen-bond acceptors (Lipinski definition) is 0. The Hall–Kier alpha value is -0.000519. The van der Waals surface area contributed by atoms with E-state index in [1.807, 2.05) is 0 Å². The first kappa shape index (κ1) is 8.10. The Morgan fingerprint density at radius 3 is 2.70 bits per heavy atom. The zero-order valence-electron chi connectivity index (χ0n) is 6.68. The van der Waals surface area contributed by atoms with E-state index in [4.69, 9.17) is 0 Å². The summed E-state index contributed by atoms with van der Waals surface area (Å²) in [6.07, 6.45) is 3.98. The first-order valence-electron chi connectivity index (χ1n) is 3.86. The molecule has 0 bridgehead atoms. The molecule has 0 nitrogen and oxygen atoms in total. The summed E-state index contributed by atoms with van der Waals surface area (Å²) >= 11 is 0.688. The molecule has 0 atom stereocenters. The molecule has 1 heteroatoms. The SMILES string of the molecule is CCCCc1c[se]cc1C. The van der Waals surface area contributed by atoms with Crippen LogP contribution in [0.15, 0.2) is 9.88 Å². The van der Waals surface area contributed by atoms with E-state index in [1.54, 1.807) is 5.56 Å². The van der Waals surface area contributed by atoms with Gasteiger partial charge in [-0.15, -0.1) is 0 Å². The molecule has 0 aliphatic heterocycles. The van der Waals surface area contributed by atoms with Gasteiger partial charge >= 0.3 is 68.6 Å². The Morgan fingerprint density at radius 2 is 2.20 bits per heavy atom. The van der Waals surface area contributed by atoms with Crippen LogP contribution in [0.2, 0.25) is 0 Å². The van der Waals surface area contributed by atoms with Crippen LogP contribution in [0.25, 0.3) is 0 Å². The van der Waals surface area contributed by atoms with Gasteiger partial charge in [0.15, 0.2) is 0 Å². The molecule has 0 radical (unpaired) electrons. The number of aryl methyl sites for hydroxylation is 2. The molecule has 56 valence electrons. The molecule has 0 amide bonds. The van der Waals surface area contributed by atoms with Crippen LogP contribution in [0, 0.1) is 6.92 Å². The van der Waals surface area contributed by atoms with Crippen LogP contribution >= 0.6 is 0 Å². The summed E-state index contributed by atoms with van der Waals surface area (Å²) in [6.45, 7) is 4.48. The van der Waals surface area contributed by atoms with Crippen molar-refractivity contribution in [3.63, 3.8) is 0 Å². The number of hydrogen-bond donors (Lipinski definition) is 0. The van der Waals surface area contributed by atoms with Crippen molar-refractivity contribution in [1.29, 1.82) is 0 Å². The van der Waals surface area contributed by atoms with E-state index >= 15 is 0 Å². The molecule has 10 heavy (non-hydrogen) atoms. The molecular weight excluding hydrogens is 187 g/mol. The van der Waals surface area contributed by atoms with E-state index in [2.05, 4.69) is 23.7 Å². The van der Waals surface area contributed by atoms with Crippen molar-refractivity contribution in [2.45, 2.75) is 33.1 Å². The fourth-order valence-corrected chi connectivity index (χ4v) is 2.88. The first-order valence-corrected chi connectivity index (χ1v) is 5.84. The van der Waals surface area contributed by atoms with E-state index in [0.29, 0.717) is 14.5 Å². The molecule has 0 saturated heterocycles. The van der Waals surface area contributed by atoms with Crippen molar-refractivity contribution in [2.24, 2.45) is 0 Å². The number of unbranched alkanes of at least 4 members (excludes halogenated alkanes) is 1. The van der Waals surface area contributed by atoms with Crippen LogP contribution < -0.4 is 0 Å². The minimum absolute atomic E-state index is 0.688. The Bertz CT molecular complexity index is 188. The third-order valence-electron chi connectivity index (χ3n) is 1.76. The fourth-order valence-electron chi connectivity index (χ4n) is 1.01. The summed E-state index contributed by atoms with van der Waals surface area (Å²) in [5.41, 5.74) is 3.15. The molecule has 0 aromatic carbocycles. The second-order valence-electron chi connectivity index (χ2n) is 2.68. The Balaban J connectivity index is 2.49. The maximum atomic E-state index is 2.41. The summed E-state index contributed by atoms with van der Waals surface area (Å²) in [7, 11) is 0. The predicted octanol–water partition coefficient (Wildman–Crippen LogP) is 2.39. The molecule has 1 aromatic heterocycles. The average molecular weight is 201 g/mol. The monoisotopic (exact) mass is 202 g/mol. The van der Waals surface area contributed by atoms with Crippen LogP contribution in [-0.4, -0.2) is 14.5 Å². The zero-order valence-corrected chi connectivity index (χ0v) is 8.40. The average Bonchev–Trinajstić information content (AvgIpc) is 2.31. The van der Waals surface area contributed by atoms with E-state index in [9.17, 15) is 0 Å². The van der Waals surface area contributed by atoms with Crippen molar-refractivity contribution >= 4 is 14.5 Å². The van der Waals surface area contributed by atoms with Gasteiger partial charge in [-0.05, 0) is 0 Å². The quantitative estimate of drug-likeness (QED) is 0.659. The van der Waals surface area contributed by atoms with Crippen molar-refractivity contribution in [3.05, 3.63) is 21.0 Å². The van der Waals surface area contributed by atoms with Gasteiger partial charge in [-0.3, -0.25) is 0 Å². The van der Waals surface area contributed by atoms with Gasteiger partial charge in [0.2, 0.25) is 0 Å². The Labute approximate surface area is 69.0 Å². The van der Waals surface area contributed by atoms with Crippen LogP contribution in [0.4, 0.5) is 0 Å². The molecule has 1 rings (SSSR count). The Morgan fingerprint density at radius 1 is 1.40 bits per heavy atom. The molecule has 0 aliphatic carbocycles. The van der Waals surface area contributed by atoms with Crippen LogP contribution in [0.5, 0.6) is 0 Å². The molecule has 0 N–H and O–H groups in total. The van der Waals surface area contributed by atoms with Crippen LogP contribution in [-0.2, 0) is 6.42 Å². The predicted molar refractivity (Wildman–Crippen MR) is 46.7 cm³/mol. The second-order valence-corrected chi connectivity index (χ2v) is 4.24. The summed E-state index contributed by atoms with van der Waals surface area (Å²) in [5.74, 6) is 0. The van der Waals surface area contributed by atoms with Crippen molar-refractivity contribution in [1.82, 2.24) is 0 Å². The van der Waals surface area contributed by atoms with Gasteiger partial charge in [0.25, 0.3) is 0 Å². The van der Waals surface area contributed by atoms with Crippen molar-refractivity contribution in [2.75, 3.05) is 0 Å². The van der Waals surface area contributed by atoms with Gasteiger partial charge in [-0.25, -0.2) is 0 Å². The van der Waals surface area contributed by atoms with E-state index < -0.39 is 0 Å². The third-order valence-corrected chi connectivity index (χ3v) is 3.67. The first-order chi connectivity index (χ1) is 4.84. The summed E-state index contributed by atoms with van der Waals surface area (Å²) in [5, 5.41) is 0. The van der Waals surface area contributed by atoms with Gasteiger partial charge in [0, 0.05) is 0 Å². The molecule has 0 saturated carbocycles. The zero-order chi connectivity index (χ0) is 7.40. The van der Waals surface area contributed by atoms with E-state index in [-0.39, 0.29) is 0 Å². The standard InChI is InChI=1S/C9H14Se/c1-3-4-5-9-7-10-6-8(9)2/h6-7H,3-5H2,1-2H3. The molecule has 0 aliphatic rings. The van der Waals surface area contributed by atoms with Gasteiger partial charge in [-0.2, -0.15) is 0 Å². The molecule has 0 fully saturated rings. The fraction of sp³-hybridized carbons (Fsp3) is 0.556. The minimum atomic E-state index is 0.688. The van der Waals surface area contributed by atoms with E-state index in [0.717, 1.165) is 0 Å². The molecule has 1 aromatic rings. The summed E-state index contributed by atoms with van der Waals surface area (Å²) in [4.78, 5) is 4.79. The summed E-state index contributed by atoms with van der Waals surface area (Å²) < 4.78 is 0. The molecule has 0 unspecified atom stereocenters. The third kappa shape index (κ3) is 2.00.